The van der Waals surface area contributed by atoms with Gasteiger partial charge in [-0.15, -0.1) is 6.58 Å². The van der Waals surface area contributed by atoms with E-state index in [1.807, 2.05) is 19.1 Å². The molecule has 0 aliphatic heterocycles. The first-order valence-corrected chi connectivity index (χ1v) is 2.55. The summed E-state index contributed by atoms with van der Waals surface area (Å²) < 4.78 is 0. The molecular weight excluding hydrogens is 100 g/mol. The smallest absolute Gasteiger partial charge is 0.0191 e. The second-order valence-corrected chi connectivity index (χ2v) is 1.56. The molecule has 0 unspecified atom stereocenters. The van der Waals surface area contributed by atoms with E-state index in [0.29, 0.717) is 0 Å². The molecule has 0 rings (SSSR count). The summed E-state index contributed by atoms with van der Waals surface area (Å²) in [4.78, 5) is 0. The van der Waals surface area contributed by atoms with Gasteiger partial charge in [0.2, 0.25) is 0 Å². The van der Waals surface area contributed by atoms with Crippen molar-refractivity contribution in [2.75, 3.05) is 0 Å². The minimum atomic E-state index is 0.871. The van der Waals surface area contributed by atoms with E-state index in [-0.39, 0.29) is 0 Å². The molecule has 0 spiro atoms. The van der Waals surface area contributed by atoms with Crippen molar-refractivity contribution in [2.24, 2.45) is 5.84 Å². The van der Waals surface area contributed by atoms with Crippen molar-refractivity contribution in [3.05, 3.63) is 24.4 Å². The molecular formula is C6H12N2. The molecule has 0 aliphatic rings. The van der Waals surface area contributed by atoms with Crippen LogP contribution in [0.4, 0.5) is 0 Å². The van der Waals surface area contributed by atoms with Crippen molar-refractivity contribution >= 4 is 0 Å². The summed E-state index contributed by atoms with van der Waals surface area (Å²) >= 11 is 0. The average Bonchev–Trinajstić information content (AvgIpc) is 1.83. The van der Waals surface area contributed by atoms with Crippen molar-refractivity contribution in [2.45, 2.75) is 13.3 Å². The van der Waals surface area contributed by atoms with Crippen molar-refractivity contribution in [1.82, 2.24) is 5.43 Å². The lowest BCUT2D eigenvalue weighted by atomic mass is 10.3. The topological polar surface area (TPSA) is 38.0 Å². The summed E-state index contributed by atoms with van der Waals surface area (Å²) in [5, 5.41) is 0. The molecule has 0 saturated carbocycles. The third-order valence-corrected chi connectivity index (χ3v) is 0.818. The molecule has 8 heavy (non-hydrogen) atoms. The van der Waals surface area contributed by atoms with Gasteiger partial charge >= 0.3 is 0 Å². The van der Waals surface area contributed by atoms with Gasteiger partial charge in [-0.25, -0.2) is 0 Å². The number of hydrazine groups is 1. The molecule has 0 aromatic rings. The Morgan fingerprint density at radius 2 is 2.50 bits per heavy atom. The van der Waals surface area contributed by atoms with Gasteiger partial charge in [0, 0.05) is 5.70 Å². The van der Waals surface area contributed by atoms with E-state index >= 15 is 0 Å². The maximum absolute atomic E-state index is 5.06. The van der Waals surface area contributed by atoms with Gasteiger partial charge in [-0.05, 0) is 13.3 Å². The summed E-state index contributed by atoms with van der Waals surface area (Å²) in [6.07, 6.45) is 4.66. The van der Waals surface area contributed by atoms with E-state index in [1.54, 1.807) is 0 Å². The van der Waals surface area contributed by atoms with Crippen LogP contribution in [0.25, 0.3) is 0 Å². The SMILES string of the molecule is C=CC/C=C(/C)NN. The third-order valence-electron chi connectivity index (χ3n) is 0.818. The first-order valence-electron chi connectivity index (χ1n) is 2.55. The molecule has 0 amide bonds. The van der Waals surface area contributed by atoms with E-state index < -0.39 is 0 Å². The zero-order valence-electron chi connectivity index (χ0n) is 5.15. The van der Waals surface area contributed by atoms with Crippen LogP contribution in [0.2, 0.25) is 0 Å². The Kier molecular flexibility index (Phi) is 3.98. The van der Waals surface area contributed by atoms with Crippen LogP contribution in [0.5, 0.6) is 0 Å². The minimum absolute atomic E-state index is 0.871. The van der Waals surface area contributed by atoms with Crippen LogP contribution in [-0.2, 0) is 0 Å². The Labute approximate surface area is 50.0 Å². The van der Waals surface area contributed by atoms with Crippen LogP contribution in [0.1, 0.15) is 13.3 Å². The molecule has 0 atom stereocenters. The highest BCUT2D eigenvalue weighted by molar-refractivity contribution is 4.96. The molecule has 0 heterocycles. The molecule has 2 heteroatoms. The fourth-order valence-corrected chi connectivity index (χ4v) is 0.319. The summed E-state index contributed by atoms with van der Waals surface area (Å²) in [6.45, 7) is 5.46. The summed E-state index contributed by atoms with van der Waals surface area (Å²) in [5.41, 5.74) is 3.49. The quantitative estimate of drug-likeness (QED) is 0.324. The average molecular weight is 112 g/mol. The van der Waals surface area contributed by atoms with E-state index in [0.717, 1.165) is 12.1 Å². The molecule has 0 radical (unpaired) electrons. The fourth-order valence-electron chi connectivity index (χ4n) is 0.319. The number of hydrogen-bond donors (Lipinski definition) is 2. The van der Waals surface area contributed by atoms with E-state index in [9.17, 15) is 0 Å². The Bertz CT molecular complexity index is 94.7. The van der Waals surface area contributed by atoms with Gasteiger partial charge < -0.3 is 5.43 Å². The summed E-state index contributed by atoms with van der Waals surface area (Å²) in [5.74, 6) is 5.06. The molecule has 0 saturated heterocycles. The van der Waals surface area contributed by atoms with Gasteiger partial charge in [-0.3, -0.25) is 5.84 Å². The predicted octanol–water partition coefficient (Wildman–Crippen LogP) is 0.930. The van der Waals surface area contributed by atoms with Crippen molar-refractivity contribution in [3.8, 4) is 0 Å². The van der Waals surface area contributed by atoms with Crippen LogP contribution in [0.15, 0.2) is 24.4 Å². The standard InChI is InChI=1S/C6H12N2/c1-3-4-5-6(2)8-7/h3,5,8H,1,4,7H2,2H3/b6-5-. The van der Waals surface area contributed by atoms with Crippen molar-refractivity contribution < 1.29 is 0 Å². The van der Waals surface area contributed by atoms with Gasteiger partial charge in [-0.2, -0.15) is 0 Å². The zero-order valence-corrected chi connectivity index (χ0v) is 5.15. The normalized spacial score (nSPS) is 11.0. The van der Waals surface area contributed by atoms with Crippen LogP contribution in [-0.4, -0.2) is 0 Å². The van der Waals surface area contributed by atoms with E-state index in [1.165, 1.54) is 0 Å². The molecule has 46 valence electrons. The van der Waals surface area contributed by atoms with Gasteiger partial charge in [0.05, 0.1) is 0 Å². The van der Waals surface area contributed by atoms with Crippen LogP contribution < -0.4 is 11.3 Å². The first-order chi connectivity index (χ1) is 3.81. The number of nitrogens with one attached hydrogen (secondary N) is 1. The number of nitrogens with two attached hydrogens (primary N) is 1. The van der Waals surface area contributed by atoms with E-state index in [4.69, 9.17) is 5.84 Å². The first kappa shape index (κ1) is 7.24. The van der Waals surface area contributed by atoms with Crippen molar-refractivity contribution in [1.29, 1.82) is 0 Å². The Morgan fingerprint density at radius 3 is 2.88 bits per heavy atom. The van der Waals surface area contributed by atoms with Gasteiger partial charge in [-0.1, -0.05) is 12.2 Å². The molecule has 3 N–H and O–H groups in total. The lowest BCUT2D eigenvalue weighted by Gasteiger charge is -1.94. The van der Waals surface area contributed by atoms with Gasteiger partial charge in [0.1, 0.15) is 0 Å². The monoisotopic (exact) mass is 112 g/mol. The van der Waals surface area contributed by atoms with Gasteiger partial charge in [0.15, 0.2) is 0 Å². The van der Waals surface area contributed by atoms with Crippen LogP contribution in [0, 0.1) is 0 Å². The number of rotatable bonds is 3. The summed E-state index contributed by atoms with van der Waals surface area (Å²) in [6, 6.07) is 0. The highest BCUT2D eigenvalue weighted by Gasteiger charge is 1.76. The zero-order chi connectivity index (χ0) is 6.41. The maximum atomic E-state index is 5.06. The molecule has 0 aromatic carbocycles. The van der Waals surface area contributed by atoms with Crippen LogP contribution >= 0.6 is 0 Å². The molecule has 0 aromatic heterocycles. The number of hydrogen-bond acceptors (Lipinski definition) is 2. The minimum Gasteiger partial charge on any atom is -0.329 e. The second kappa shape index (κ2) is 4.40. The largest absolute Gasteiger partial charge is 0.329 e. The van der Waals surface area contributed by atoms with Gasteiger partial charge in [0.25, 0.3) is 0 Å². The predicted molar refractivity (Wildman–Crippen MR) is 35.9 cm³/mol. The molecule has 0 fully saturated rings. The third kappa shape index (κ3) is 3.43. The lowest BCUT2D eigenvalue weighted by molar-refractivity contribution is 0.878. The molecule has 2 nitrogen and oxygen atoms in total. The van der Waals surface area contributed by atoms with E-state index in [2.05, 4.69) is 12.0 Å². The maximum Gasteiger partial charge on any atom is 0.0191 e. The fraction of sp³-hybridized carbons (Fsp3) is 0.333. The highest BCUT2D eigenvalue weighted by atomic mass is 15.2. The highest BCUT2D eigenvalue weighted by Crippen LogP contribution is 1.87. The van der Waals surface area contributed by atoms with Crippen molar-refractivity contribution in [3.63, 3.8) is 0 Å². The molecule has 0 bridgehead atoms. The Balaban J connectivity index is 3.40. The molecule has 0 aliphatic carbocycles. The summed E-state index contributed by atoms with van der Waals surface area (Å²) in [7, 11) is 0. The second-order valence-electron chi connectivity index (χ2n) is 1.56. The Hall–Kier alpha value is -0.760. The van der Waals surface area contributed by atoms with Crippen LogP contribution in [0.3, 0.4) is 0 Å². The Morgan fingerprint density at radius 1 is 1.88 bits per heavy atom. The lowest BCUT2D eigenvalue weighted by Crippen LogP contribution is -2.18. The number of allylic oxidation sites excluding steroid dienone is 3.